The minimum Gasteiger partial charge on any atom is -0.466 e. The summed E-state index contributed by atoms with van der Waals surface area (Å²) in [6.07, 6.45) is 23.1. The molecule has 0 amide bonds. The third-order valence-corrected chi connectivity index (χ3v) is 4.75. The van der Waals surface area contributed by atoms with Gasteiger partial charge in [-0.15, -0.1) is 0 Å². The number of hydrogen-bond acceptors (Lipinski definition) is 3. The van der Waals surface area contributed by atoms with Crippen LogP contribution < -0.4 is 0 Å². The highest BCUT2D eigenvalue weighted by atomic mass is 31.2. The fourth-order valence-corrected chi connectivity index (χ4v) is 3.04. The normalized spacial score (nSPS) is 11.1. The van der Waals surface area contributed by atoms with Crippen molar-refractivity contribution >= 4 is 13.8 Å². The van der Waals surface area contributed by atoms with E-state index in [2.05, 4.69) is 13.8 Å². The average molecular weight is 439 g/mol. The van der Waals surface area contributed by atoms with Crippen molar-refractivity contribution in [1.82, 2.24) is 0 Å². The third-order valence-electron chi connectivity index (χ3n) is 4.75. The smallest absolute Gasteiger partial charge is 0.466 e. The SMILES string of the molecule is CCCCCCCCCCCCCCCCCC(=O)OCCCC.O=P(O)(O)O. The van der Waals surface area contributed by atoms with Crippen LogP contribution in [0.1, 0.15) is 129 Å². The predicted molar refractivity (Wildman–Crippen MR) is 120 cm³/mol. The molecule has 7 heteroatoms. The molecule has 0 aromatic heterocycles. The molecule has 0 aliphatic carbocycles. The number of rotatable bonds is 19. The lowest BCUT2D eigenvalue weighted by Gasteiger charge is -2.04. The molecule has 29 heavy (non-hydrogen) atoms. The van der Waals surface area contributed by atoms with Gasteiger partial charge in [0.2, 0.25) is 0 Å². The number of carbonyl (C=O) groups is 1. The van der Waals surface area contributed by atoms with Gasteiger partial charge in [-0.05, 0) is 12.8 Å². The van der Waals surface area contributed by atoms with E-state index in [0.29, 0.717) is 13.0 Å². The summed E-state index contributed by atoms with van der Waals surface area (Å²) in [6.45, 7) is 5.00. The van der Waals surface area contributed by atoms with Crippen LogP contribution in [-0.2, 0) is 14.1 Å². The molecule has 176 valence electrons. The second-order valence-electron chi connectivity index (χ2n) is 7.79. The van der Waals surface area contributed by atoms with Crippen molar-refractivity contribution in [3.8, 4) is 0 Å². The molecule has 0 aliphatic rings. The largest absolute Gasteiger partial charge is 0.466 e. The zero-order valence-electron chi connectivity index (χ0n) is 18.9. The van der Waals surface area contributed by atoms with Crippen LogP contribution in [0.15, 0.2) is 0 Å². The molecule has 0 aliphatic heterocycles. The predicted octanol–water partition coefficient (Wildman–Crippen LogP) is 6.66. The highest BCUT2D eigenvalue weighted by Crippen LogP contribution is 2.25. The van der Waals surface area contributed by atoms with E-state index in [1.165, 1.54) is 89.9 Å². The topological polar surface area (TPSA) is 104 Å². The molecule has 0 aromatic carbocycles. The third kappa shape index (κ3) is 38.8. The molecule has 3 N–H and O–H groups in total. The Kier molecular flexibility index (Phi) is 25.3. The molecule has 0 atom stereocenters. The summed E-state index contributed by atoms with van der Waals surface area (Å²) in [5.74, 6) is -0.00172. The van der Waals surface area contributed by atoms with Gasteiger partial charge in [-0.25, -0.2) is 4.57 Å². The monoisotopic (exact) mass is 438 g/mol. The summed E-state index contributed by atoms with van der Waals surface area (Å²) in [5.41, 5.74) is 0. The lowest BCUT2D eigenvalue weighted by atomic mass is 10.0. The van der Waals surface area contributed by atoms with E-state index >= 15 is 0 Å². The molecule has 0 fully saturated rings. The van der Waals surface area contributed by atoms with E-state index in [1.807, 2.05) is 0 Å². The minimum absolute atomic E-state index is 0.00172. The number of phosphoric acid groups is 1. The van der Waals surface area contributed by atoms with E-state index < -0.39 is 7.82 Å². The minimum atomic E-state index is -4.64. The Bertz CT molecular complexity index is 375. The number of esters is 1. The van der Waals surface area contributed by atoms with Gasteiger partial charge >= 0.3 is 13.8 Å². The second-order valence-corrected chi connectivity index (χ2v) is 8.81. The van der Waals surface area contributed by atoms with E-state index in [9.17, 15) is 4.79 Å². The number of ether oxygens (including phenoxy) is 1. The van der Waals surface area contributed by atoms with Crippen molar-refractivity contribution in [3.63, 3.8) is 0 Å². The fourth-order valence-electron chi connectivity index (χ4n) is 3.04. The Morgan fingerprint density at radius 3 is 1.28 bits per heavy atom. The van der Waals surface area contributed by atoms with Gasteiger partial charge in [0.05, 0.1) is 6.61 Å². The van der Waals surface area contributed by atoms with Crippen LogP contribution in [0.2, 0.25) is 0 Å². The average Bonchev–Trinajstić information content (AvgIpc) is 2.64. The summed E-state index contributed by atoms with van der Waals surface area (Å²) in [7, 11) is -4.64. The lowest BCUT2D eigenvalue weighted by Crippen LogP contribution is -2.05. The second kappa shape index (κ2) is 23.9. The van der Waals surface area contributed by atoms with Crippen LogP contribution in [0.25, 0.3) is 0 Å². The van der Waals surface area contributed by atoms with Crippen LogP contribution in [-0.4, -0.2) is 27.3 Å². The Morgan fingerprint density at radius 1 is 0.621 bits per heavy atom. The van der Waals surface area contributed by atoms with Crippen LogP contribution >= 0.6 is 7.82 Å². The van der Waals surface area contributed by atoms with Gasteiger partial charge in [0, 0.05) is 6.42 Å². The first kappa shape index (κ1) is 30.8. The molecule has 0 spiro atoms. The Hall–Kier alpha value is -0.420. The molecule has 0 bridgehead atoms. The zero-order chi connectivity index (χ0) is 22.2. The molecule has 6 nitrogen and oxygen atoms in total. The van der Waals surface area contributed by atoms with Crippen LogP contribution in [0.3, 0.4) is 0 Å². The summed E-state index contributed by atoms with van der Waals surface area (Å²) < 4.78 is 14.0. The molecule has 0 radical (unpaired) electrons. The molecular formula is C22H47O6P. The summed E-state index contributed by atoms with van der Waals surface area (Å²) in [4.78, 5) is 33.0. The highest BCUT2D eigenvalue weighted by Gasteiger charge is 2.02. The van der Waals surface area contributed by atoms with Crippen molar-refractivity contribution in [3.05, 3.63) is 0 Å². The molecule has 0 heterocycles. The molecule has 0 aromatic rings. The molecule has 0 rings (SSSR count). The summed E-state index contributed by atoms with van der Waals surface area (Å²) in [5, 5.41) is 0. The molecule has 0 unspecified atom stereocenters. The lowest BCUT2D eigenvalue weighted by molar-refractivity contribution is -0.143. The van der Waals surface area contributed by atoms with E-state index in [1.54, 1.807) is 0 Å². The number of carbonyl (C=O) groups excluding carboxylic acids is 1. The summed E-state index contributed by atoms with van der Waals surface area (Å²) in [6, 6.07) is 0. The van der Waals surface area contributed by atoms with Gasteiger partial charge in [-0.2, -0.15) is 0 Å². The summed E-state index contributed by atoms with van der Waals surface area (Å²) >= 11 is 0. The fraction of sp³-hybridized carbons (Fsp3) is 0.955. The van der Waals surface area contributed by atoms with E-state index in [4.69, 9.17) is 24.0 Å². The zero-order valence-corrected chi connectivity index (χ0v) is 19.8. The first-order chi connectivity index (χ1) is 13.8. The Morgan fingerprint density at radius 2 is 0.931 bits per heavy atom. The van der Waals surface area contributed by atoms with Gasteiger partial charge in [0.1, 0.15) is 0 Å². The van der Waals surface area contributed by atoms with E-state index in [0.717, 1.165) is 19.3 Å². The van der Waals surface area contributed by atoms with Gasteiger partial charge in [-0.1, -0.05) is 110 Å². The quantitative estimate of drug-likeness (QED) is 0.118. The standard InChI is InChI=1S/C22H44O2.H3O4P/c1-3-5-7-8-9-10-11-12-13-14-15-16-17-18-19-20-22(23)24-21-6-4-2;1-5(2,3)4/h3-21H2,1-2H3;(H3,1,2,3,4). The number of hydrogen-bond donors (Lipinski definition) is 3. The highest BCUT2D eigenvalue weighted by molar-refractivity contribution is 7.45. The van der Waals surface area contributed by atoms with Crippen LogP contribution in [0, 0.1) is 0 Å². The van der Waals surface area contributed by atoms with Crippen molar-refractivity contribution < 1.29 is 28.8 Å². The number of unbranched alkanes of at least 4 members (excludes halogenated alkanes) is 15. The van der Waals surface area contributed by atoms with Crippen molar-refractivity contribution in [1.29, 1.82) is 0 Å². The van der Waals surface area contributed by atoms with Crippen molar-refractivity contribution in [2.75, 3.05) is 6.61 Å². The van der Waals surface area contributed by atoms with Gasteiger partial charge in [0.15, 0.2) is 0 Å². The van der Waals surface area contributed by atoms with Crippen LogP contribution in [0.4, 0.5) is 0 Å². The van der Waals surface area contributed by atoms with Gasteiger partial charge < -0.3 is 19.4 Å². The Labute approximate surface area is 179 Å². The van der Waals surface area contributed by atoms with Crippen molar-refractivity contribution in [2.24, 2.45) is 0 Å². The Balaban J connectivity index is 0. The van der Waals surface area contributed by atoms with Gasteiger partial charge in [-0.3, -0.25) is 4.79 Å². The maximum atomic E-state index is 11.4. The molecule has 0 saturated heterocycles. The van der Waals surface area contributed by atoms with Gasteiger partial charge in [0.25, 0.3) is 0 Å². The van der Waals surface area contributed by atoms with Crippen LogP contribution in [0.5, 0.6) is 0 Å². The van der Waals surface area contributed by atoms with Crippen molar-refractivity contribution in [2.45, 2.75) is 129 Å². The first-order valence-electron chi connectivity index (χ1n) is 11.7. The van der Waals surface area contributed by atoms with E-state index in [-0.39, 0.29) is 5.97 Å². The maximum Gasteiger partial charge on any atom is 0.466 e. The molecular weight excluding hydrogens is 391 g/mol. The first-order valence-corrected chi connectivity index (χ1v) is 13.3. The molecule has 0 saturated carbocycles. The maximum absolute atomic E-state index is 11.4.